The van der Waals surface area contributed by atoms with Crippen molar-refractivity contribution in [2.24, 2.45) is 12.0 Å². The standard InChI is InChI=1S/C24H29N5O2/c1-16-6-8-19(9-7-16)23(30)27-24(26-20-10-12-21(31-5)13-11-20)25-15-14-22-17(2)28-29(4)18(22)3/h6-13H,14-15H2,1-5H3,(H2,25,26,27,30). The van der Waals surface area contributed by atoms with Gasteiger partial charge < -0.3 is 10.1 Å². The number of aromatic nitrogens is 2. The van der Waals surface area contributed by atoms with Gasteiger partial charge in [-0.15, -0.1) is 0 Å². The first-order chi connectivity index (χ1) is 14.9. The second-order valence-electron chi connectivity index (χ2n) is 7.43. The van der Waals surface area contributed by atoms with Crippen molar-refractivity contribution in [2.45, 2.75) is 27.2 Å². The topological polar surface area (TPSA) is 80.5 Å². The molecule has 7 nitrogen and oxygen atoms in total. The van der Waals surface area contributed by atoms with Crippen LogP contribution in [0.1, 0.15) is 32.9 Å². The summed E-state index contributed by atoms with van der Waals surface area (Å²) in [7, 11) is 3.56. The molecular weight excluding hydrogens is 390 g/mol. The van der Waals surface area contributed by atoms with Crippen LogP contribution in [0.5, 0.6) is 5.75 Å². The number of benzene rings is 2. The second-order valence-corrected chi connectivity index (χ2v) is 7.43. The lowest BCUT2D eigenvalue weighted by molar-refractivity contribution is 0.0977. The van der Waals surface area contributed by atoms with Crippen LogP contribution in [0.15, 0.2) is 53.5 Å². The van der Waals surface area contributed by atoms with Gasteiger partial charge in [-0.2, -0.15) is 5.10 Å². The molecule has 0 atom stereocenters. The summed E-state index contributed by atoms with van der Waals surface area (Å²) in [4.78, 5) is 17.4. The zero-order chi connectivity index (χ0) is 22.4. The summed E-state index contributed by atoms with van der Waals surface area (Å²) >= 11 is 0. The van der Waals surface area contributed by atoms with Gasteiger partial charge in [-0.25, -0.2) is 0 Å². The monoisotopic (exact) mass is 419 g/mol. The van der Waals surface area contributed by atoms with Crippen LogP contribution in [0.25, 0.3) is 0 Å². The minimum atomic E-state index is -0.214. The summed E-state index contributed by atoms with van der Waals surface area (Å²) in [5.74, 6) is 0.943. The van der Waals surface area contributed by atoms with E-state index in [1.807, 2.05) is 62.0 Å². The predicted molar refractivity (Wildman–Crippen MR) is 124 cm³/mol. The van der Waals surface area contributed by atoms with Crippen molar-refractivity contribution >= 4 is 17.6 Å². The molecule has 1 heterocycles. The van der Waals surface area contributed by atoms with E-state index in [4.69, 9.17) is 4.74 Å². The number of amides is 1. The molecule has 1 amide bonds. The zero-order valence-electron chi connectivity index (χ0n) is 18.7. The lowest BCUT2D eigenvalue weighted by Crippen LogP contribution is -2.36. The van der Waals surface area contributed by atoms with Gasteiger partial charge in [-0.05, 0) is 69.2 Å². The number of hydrogen-bond donors (Lipinski definition) is 2. The molecule has 0 unspecified atom stereocenters. The predicted octanol–water partition coefficient (Wildman–Crippen LogP) is 3.79. The maximum absolute atomic E-state index is 12.7. The van der Waals surface area contributed by atoms with Crippen LogP contribution in [0, 0.1) is 20.8 Å². The van der Waals surface area contributed by atoms with Gasteiger partial charge in [-0.1, -0.05) is 17.7 Å². The molecule has 3 aromatic rings. The van der Waals surface area contributed by atoms with E-state index in [1.54, 1.807) is 19.2 Å². The van der Waals surface area contributed by atoms with Crippen molar-refractivity contribution in [3.63, 3.8) is 0 Å². The number of carbonyl (C=O) groups is 1. The molecular formula is C24H29N5O2. The van der Waals surface area contributed by atoms with E-state index >= 15 is 0 Å². The van der Waals surface area contributed by atoms with Crippen LogP contribution < -0.4 is 15.4 Å². The second kappa shape index (κ2) is 9.93. The SMILES string of the molecule is COc1ccc(NC(=NCCc2c(C)nn(C)c2C)NC(=O)c2ccc(C)cc2)cc1. The lowest BCUT2D eigenvalue weighted by atomic mass is 10.1. The third-order valence-corrected chi connectivity index (χ3v) is 5.19. The highest BCUT2D eigenvalue weighted by atomic mass is 16.5. The first kappa shape index (κ1) is 22.1. The van der Waals surface area contributed by atoms with Gasteiger partial charge in [0.1, 0.15) is 5.75 Å². The highest BCUT2D eigenvalue weighted by molar-refractivity contribution is 6.09. The van der Waals surface area contributed by atoms with Crippen LogP contribution >= 0.6 is 0 Å². The molecule has 31 heavy (non-hydrogen) atoms. The maximum atomic E-state index is 12.7. The van der Waals surface area contributed by atoms with Gasteiger partial charge in [0.25, 0.3) is 5.91 Å². The fraction of sp³-hybridized carbons (Fsp3) is 0.292. The molecule has 2 N–H and O–H groups in total. The van der Waals surface area contributed by atoms with Crippen LogP contribution in [0.4, 0.5) is 5.69 Å². The van der Waals surface area contributed by atoms with Gasteiger partial charge in [0.15, 0.2) is 0 Å². The number of ether oxygens (including phenoxy) is 1. The fourth-order valence-corrected chi connectivity index (χ4v) is 3.26. The number of aryl methyl sites for hydroxylation is 3. The Bertz CT molecular complexity index is 1070. The Balaban J connectivity index is 1.77. The molecule has 0 spiro atoms. The Morgan fingerprint density at radius 2 is 1.74 bits per heavy atom. The van der Waals surface area contributed by atoms with Crippen LogP contribution in [-0.4, -0.2) is 35.3 Å². The number of hydrogen-bond acceptors (Lipinski definition) is 4. The number of rotatable bonds is 6. The van der Waals surface area contributed by atoms with Gasteiger partial charge in [-0.3, -0.25) is 19.8 Å². The van der Waals surface area contributed by atoms with E-state index in [-0.39, 0.29) is 5.91 Å². The molecule has 0 aliphatic heterocycles. The van der Waals surface area contributed by atoms with Crippen LogP contribution in [-0.2, 0) is 13.5 Å². The van der Waals surface area contributed by atoms with Crippen molar-refractivity contribution in [1.82, 2.24) is 15.1 Å². The molecule has 162 valence electrons. The Morgan fingerprint density at radius 1 is 1.06 bits per heavy atom. The summed E-state index contributed by atoms with van der Waals surface area (Å²) in [6, 6.07) is 14.9. The Morgan fingerprint density at radius 3 is 2.32 bits per heavy atom. The van der Waals surface area contributed by atoms with Crippen molar-refractivity contribution in [2.75, 3.05) is 19.0 Å². The number of guanidine groups is 1. The molecule has 2 aromatic carbocycles. The van der Waals surface area contributed by atoms with Gasteiger partial charge >= 0.3 is 0 Å². The molecule has 0 bridgehead atoms. The van der Waals surface area contributed by atoms with Crippen molar-refractivity contribution < 1.29 is 9.53 Å². The molecule has 0 saturated carbocycles. The number of aliphatic imine (C=N–C) groups is 1. The molecule has 0 aliphatic carbocycles. The number of nitrogens with one attached hydrogen (secondary N) is 2. The number of methoxy groups -OCH3 is 1. The molecule has 3 rings (SSSR count). The maximum Gasteiger partial charge on any atom is 0.257 e. The largest absolute Gasteiger partial charge is 0.497 e. The van der Waals surface area contributed by atoms with E-state index in [0.29, 0.717) is 18.1 Å². The Labute approximate surface area is 183 Å². The molecule has 1 aromatic heterocycles. The normalized spacial score (nSPS) is 11.3. The first-order valence-corrected chi connectivity index (χ1v) is 10.2. The average molecular weight is 420 g/mol. The van der Waals surface area contributed by atoms with E-state index < -0.39 is 0 Å². The van der Waals surface area contributed by atoms with E-state index in [0.717, 1.165) is 34.8 Å². The molecule has 7 heteroatoms. The minimum Gasteiger partial charge on any atom is -0.497 e. The molecule has 0 radical (unpaired) electrons. The van der Waals surface area contributed by atoms with E-state index in [9.17, 15) is 4.79 Å². The quantitative estimate of drug-likeness (QED) is 0.471. The minimum absolute atomic E-state index is 0.214. The summed E-state index contributed by atoms with van der Waals surface area (Å²) in [5, 5.41) is 10.6. The average Bonchev–Trinajstić information content (AvgIpc) is 3.00. The molecule has 0 aliphatic rings. The Kier molecular flexibility index (Phi) is 7.07. The van der Waals surface area contributed by atoms with Crippen molar-refractivity contribution in [3.05, 3.63) is 76.6 Å². The van der Waals surface area contributed by atoms with Crippen molar-refractivity contribution in [3.8, 4) is 5.75 Å². The molecule has 0 saturated heterocycles. The number of anilines is 1. The third-order valence-electron chi connectivity index (χ3n) is 5.19. The highest BCUT2D eigenvalue weighted by Crippen LogP contribution is 2.15. The molecule has 0 fully saturated rings. The fourth-order valence-electron chi connectivity index (χ4n) is 3.26. The zero-order valence-corrected chi connectivity index (χ0v) is 18.7. The number of nitrogens with zero attached hydrogens (tertiary/aromatic N) is 3. The summed E-state index contributed by atoms with van der Waals surface area (Å²) in [6.07, 6.45) is 0.736. The van der Waals surface area contributed by atoms with Crippen LogP contribution in [0.3, 0.4) is 0 Å². The van der Waals surface area contributed by atoms with Gasteiger partial charge in [0.05, 0.1) is 12.8 Å². The van der Waals surface area contributed by atoms with Crippen LogP contribution in [0.2, 0.25) is 0 Å². The number of carbonyl (C=O) groups excluding carboxylic acids is 1. The first-order valence-electron chi connectivity index (χ1n) is 10.2. The van der Waals surface area contributed by atoms with E-state index in [1.165, 1.54) is 5.56 Å². The lowest BCUT2D eigenvalue weighted by Gasteiger charge is -2.12. The highest BCUT2D eigenvalue weighted by Gasteiger charge is 2.11. The summed E-state index contributed by atoms with van der Waals surface area (Å²) < 4.78 is 7.09. The third kappa shape index (κ3) is 5.72. The van der Waals surface area contributed by atoms with Crippen molar-refractivity contribution in [1.29, 1.82) is 0 Å². The van der Waals surface area contributed by atoms with Gasteiger partial charge in [0.2, 0.25) is 5.96 Å². The summed E-state index contributed by atoms with van der Waals surface area (Å²) in [6.45, 7) is 6.55. The summed E-state index contributed by atoms with van der Waals surface area (Å²) in [5.41, 5.74) is 5.79. The van der Waals surface area contributed by atoms with Gasteiger partial charge in [0, 0.05) is 30.5 Å². The van der Waals surface area contributed by atoms with E-state index in [2.05, 4.69) is 27.6 Å². The smallest absolute Gasteiger partial charge is 0.257 e. The Hall–Kier alpha value is -3.61.